The van der Waals surface area contributed by atoms with Gasteiger partial charge in [0, 0.05) is 0 Å². The zero-order valence-corrected chi connectivity index (χ0v) is 15.3. The third-order valence-corrected chi connectivity index (χ3v) is 7.19. The molecule has 3 rings (SSSR count). The van der Waals surface area contributed by atoms with Crippen LogP contribution < -0.4 is 0 Å². The van der Waals surface area contributed by atoms with E-state index in [9.17, 15) is 16.8 Å². The van der Waals surface area contributed by atoms with Crippen molar-refractivity contribution in [1.29, 1.82) is 0 Å². The van der Waals surface area contributed by atoms with Crippen LogP contribution in [0.4, 0.5) is 0 Å². The predicted molar refractivity (Wildman–Crippen MR) is 102 cm³/mol. The fraction of sp³-hybridized carbons (Fsp3) is 0. The first kappa shape index (κ1) is 18.1. The highest BCUT2D eigenvalue weighted by Gasteiger charge is 2.25. The maximum absolute atomic E-state index is 13.1. The number of hydrogen-bond donors (Lipinski definition) is 0. The molecule has 6 heteroatoms. The highest BCUT2D eigenvalue weighted by Crippen LogP contribution is 2.30. The van der Waals surface area contributed by atoms with Crippen LogP contribution in [-0.4, -0.2) is 16.8 Å². The van der Waals surface area contributed by atoms with Gasteiger partial charge in [-0.2, -0.15) is 0 Å². The number of benzene rings is 3. The molecular formula is C20H16O4S2. The Hall–Kier alpha value is -2.70. The van der Waals surface area contributed by atoms with Crippen LogP contribution in [0.3, 0.4) is 0 Å². The van der Waals surface area contributed by atoms with E-state index in [1.54, 1.807) is 66.7 Å². The molecule has 0 amide bonds. The Morgan fingerprint density at radius 2 is 1.00 bits per heavy atom. The fourth-order valence-electron chi connectivity index (χ4n) is 2.43. The maximum atomic E-state index is 13.1. The van der Waals surface area contributed by atoms with Gasteiger partial charge in [-0.1, -0.05) is 66.7 Å². The van der Waals surface area contributed by atoms with Gasteiger partial charge in [0.05, 0.1) is 20.1 Å². The molecule has 26 heavy (non-hydrogen) atoms. The predicted octanol–water partition coefficient (Wildman–Crippen LogP) is 3.93. The summed E-state index contributed by atoms with van der Waals surface area (Å²) in [6.45, 7) is 0. The minimum atomic E-state index is -4.01. The first-order valence-electron chi connectivity index (χ1n) is 7.79. The zero-order valence-electron chi connectivity index (χ0n) is 13.7. The molecule has 0 unspecified atom stereocenters. The standard InChI is InChI=1S/C20H16O4S2/c21-25(22,18-12-6-2-7-13-18)16-20(17-10-4-1-5-11-17)26(23,24)19-14-8-3-9-15-19/h1-16H. The minimum absolute atomic E-state index is 0.0386. The summed E-state index contributed by atoms with van der Waals surface area (Å²) >= 11 is 0. The summed E-state index contributed by atoms with van der Waals surface area (Å²) in [7, 11) is -7.95. The average molecular weight is 384 g/mol. The molecule has 0 spiro atoms. The van der Waals surface area contributed by atoms with E-state index in [0.717, 1.165) is 5.41 Å². The first-order chi connectivity index (χ1) is 12.4. The summed E-state index contributed by atoms with van der Waals surface area (Å²) in [5.41, 5.74) is 0.316. The van der Waals surface area contributed by atoms with Gasteiger partial charge in [-0.15, -0.1) is 0 Å². The lowest BCUT2D eigenvalue weighted by Gasteiger charge is -2.10. The second-order valence-corrected chi connectivity index (χ2v) is 9.24. The lowest BCUT2D eigenvalue weighted by atomic mass is 10.2. The van der Waals surface area contributed by atoms with Gasteiger partial charge < -0.3 is 0 Å². The maximum Gasteiger partial charge on any atom is 0.207 e. The van der Waals surface area contributed by atoms with Crippen LogP contribution in [0.1, 0.15) is 5.56 Å². The highest BCUT2D eigenvalue weighted by atomic mass is 32.2. The van der Waals surface area contributed by atoms with Gasteiger partial charge in [-0.25, -0.2) is 16.8 Å². The molecule has 0 radical (unpaired) electrons. The number of sulfone groups is 2. The van der Waals surface area contributed by atoms with Crippen molar-refractivity contribution in [2.75, 3.05) is 0 Å². The Bertz CT molecular complexity index is 1120. The summed E-state index contributed by atoms with van der Waals surface area (Å²) in [5.74, 6) is 0. The van der Waals surface area contributed by atoms with Gasteiger partial charge in [0.1, 0.15) is 0 Å². The van der Waals surface area contributed by atoms with Crippen molar-refractivity contribution in [3.63, 3.8) is 0 Å². The van der Waals surface area contributed by atoms with Crippen LogP contribution in [0, 0.1) is 0 Å². The third-order valence-electron chi connectivity index (χ3n) is 3.74. The van der Waals surface area contributed by atoms with Crippen molar-refractivity contribution in [1.82, 2.24) is 0 Å². The van der Waals surface area contributed by atoms with E-state index in [1.807, 2.05) is 0 Å². The van der Waals surface area contributed by atoms with Crippen LogP contribution in [0.2, 0.25) is 0 Å². The van der Waals surface area contributed by atoms with E-state index in [2.05, 4.69) is 0 Å². The van der Waals surface area contributed by atoms with Gasteiger partial charge in [0.2, 0.25) is 19.7 Å². The van der Waals surface area contributed by atoms with Gasteiger partial charge >= 0.3 is 0 Å². The van der Waals surface area contributed by atoms with E-state index in [0.29, 0.717) is 5.56 Å². The van der Waals surface area contributed by atoms with Gasteiger partial charge in [0.25, 0.3) is 0 Å². The molecule has 0 atom stereocenters. The lowest BCUT2D eigenvalue weighted by Crippen LogP contribution is -2.07. The molecule has 0 aliphatic heterocycles. The van der Waals surface area contributed by atoms with E-state index < -0.39 is 19.7 Å². The van der Waals surface area contributed by atoms with Crippen LogP contribution in [0.5, 0.6) is 0 Å². The summed E-state index contributed by atoms with van der Waals surface area (Å²) in [4.78, 5) is -0.178. The Balaban J connectivity index is 2.24. The molecule has 0 aliphatic carbocycles. The van der Waals surface area contributed by atoms with Gasteiger partial charge in [0.15, 0.2) is 0 Å². The molecule has 0 heterocycles. The SMILES string of the molecule is O=S(=O)(C=C(c1ccccc1)S(=O)(=O)c1ccccc1)c1ccccc1. The van der Waals surface area contributed by atoms with E-state index in [4.69, 9.17) is 0 Å². The van der Waals surface area contributed by atoms with Crippen molar-refractivity contribution in [3.05, 3.63) is 102 Å². The normalized spacial score (nSPS) is 12.7. The smallest absolute Gasteiger partial charge is 0.207 e. The Labute approximate surface area is 153 Å². The van der Waals surface area contributed by atoms with Crippen LogP contribution in [0.15, 0.2) is 106 Å². The van der Waals surface area contributed by atoms with E-state index >= 15 is 0 Å². The molecule has 3 aromatic carbocycles. The van der Waals surface area contributed by atoms with Gasteiger partial charge in [-0.05, 0) is 29.8 Å². The van der Waals surface area contributed by atoms with Crippen LogP contribution in [0.25, 0.3) is 4.91 Å². The topological polar surface area (TPSA) is 68.3 Å². The van der Waals surface area contributed by atoms with Crippen molar-refractivity contribution in [2.45, 2.75) is 9.79 Å². The van der Waals surface area contributed by atoms with Crippen LogP contribution >= 0.6 is 0 Å². The van der Waals surface area contributed by atoms with E-state index in [-0.39, 0.29) is 14.7 Å². The van der Waals surface area contributed by atoms with Crippen molar-refractivity contribution in [2.24, 2.45) is 0 Å². The van der Waals surface area contributed by atoms with Crippen molar-refractivity contribution < 1.29 is 16.8 Å². The molecule has 0 aromatic heterocycles. The molecule has 4 nitrogen and oxygen atoms in total. The summed E-state index contributed by atoms with van der Waals surface area (Å²) in [5, 5.41) is 0.833. The fourth-order valence-corrected chi connectivity index (χ4v) is 5.63. The zero-order chi connectivity index (χ0) is 18.6. The third kappa shape index (κ3) is 3.76. The highest BCUT2D eigenvalue weighted by molar-refractivity contribution is 8.02. The number of hydrogen-bond acceptors (Lipinski definition) is 4. The average Bonchev–Trinajstić information content (AvgIpc) is 2.68. The van der Waals surface area contributed by atoms with Crippen molar-refractivity contribution >= 4 is 24.6 Å². The molecule has 132 valence electrons. The summed E-state index contributed by atoms with van der Waals surface area (Å²) < 4.78 is 51.7. The molecule has 0 saturated carbocycles. The van der Waals surface area contributed by atoms with Crippen LogP contribution in [-0.2, 0) is 19.7 Å². The molecular weight excluding hydrogens is 368 g/mol. The quantitative estimate of drug-likeness (QED) is 0.668. The minimum Gasteiger partial charge on any atom is -0.219 e. The van der Waals surface area contributed by atoms with E-state index in [1.165, 1.54) is 24.3 Å². The molecule has 0 aliphatic rings. The molecule has 0 fully saturated rings. The first-order valence-corrected chi connectivity index (χ1v) is 10.8. The molecule has 0 saturated heterocycles. The second kappa shape index (κ2) is 7.27. The molecule has 0 N–H and O–H groups in total. The Morgan fingerprint density at radius 1 is 0.577 bits per heavy atom. The molecule has 0 bridgehead atoms. The number of rotatable bonds is 5. The Kier molecular flexibility index (Phi) is 5.06. The monoisotopic (exact) mass is 384 g/mol. The van der Waals surface area contributed by atoms with Gasteiger partial charge in [-0.3, -0.25) is 0 Å². The lowest BCUT2D eigenvalue weighted by molar-refractivity contribution is 0.601. The largest absolute Gasteiger partial charge is 0.219 e. The summed E-state index contributed by atoms with van der Waals surface area (Å²) in [6.07, 6.45) is 0. The Morgan fingerprint density at radius 3 is 1.50 bits per heavy atom. The summed E-state index contributed by atoms with van der Waals surface area (Å²) in [6, 6.07) is 23.8. The molecule has 3 aromatic rings. The second-order valence-electron chi connectivity index (χ2n) is 5.52. The van der Waals surface area contributed by atoms with Crippen molar-refractivity contribution in [3.8, 4) is 0 Å².